The molecule has 0 aliphatic carbocycles. The summed E-state index contributed by atoms with van der Waals surface area (Å²) < 4.78 is 0. The lowest BCUT2D eigenvalue weighted by atomic mass is 9.94. The topological polar surface area (TPSA) is 0 Å². The Morgan fingerprint density at radius 2 is 0.750 bits per heavy atom. The Labute approximate surface area is 291 Å². The van der Waals surface area contributed by atoms with E-state index in [0.29, 0.717) is 0 Å². The smallest absolute Gasteiger partial charge is 0.0836 e. The minimum Gasteiger partial charge on any atom is -0.166 e. The predicted molar refractivity (Wildman–Crippen MR) is 209 cm³/mol. The van der Waals surface area contributed by atoms with Gasteiger partial charge in [-0.15, -0.1) is 25.7 Å². The molecule has 0 bridgehead atoms. The molecule has 0 nitrogen and oxygen atoms in total. The summed E-state index contributed by atoms with van der Waals surface area (Å²) in [6.07, 6.45) is 21.3. The van der Waals surface area contributed by atoms with Crippen molar-refractivity contribution in [3.05, 3.63) is 83.9 Å². The molecule has 0 unspecified atom stereocenters. The summed E-state index contributed by atoms with van der Waals surface area (Å²) in [6, 6.07) is 24.4. The van der Waals surface area contributed by atoms with Gasteiger partial charge in [-0.1, -0.05) is 72.8 Å². The van der Waals surface area contributed by atoms with Crippen molar-refractivity contribution in [2.45, 2.75) is 5.25 Å². The van der Waals surface area contributed by atoms with Crippen molar-refractivity contribution >= 4 is 60.6 Å². The molecule has 0 saturated heterocycles. The third-order valence-corrected chi connectivity index (χ3v) is 9.99. The number of thiol groups is 1. The highest BCUT2D eigenvalue weighted by atomic mass is 32.1. The average molecular weight is 653 g/mol. The standard InChI is InChI=1S/C45H18P2S/c1-5-9-13-21-33-46(34-22-14-10-6-2)41-31-29-37-25-17-19-27-39(37)43(41)45(48)44-40-28-20-18-26-38(40)30-32-42(44)47(35-23-15-11-7-3)36-24-16-12-8-4/h1-4,17-20,25-32,45,48H. The Bertz CT molecular complexity index is 2360. The molecule has 0 atom stereocenters. The minimum atomic E-state index is -1.44. The van der Waals surface area contributed by atoms with Gasteiger partial charge in [0.15, 0.2) is 0 Å². The van der Waals surface area contributed by atoms with Gasteiger partial charge >= 0.3 is 0 Å². The molecular formula is C45H18P2S. The van der Waals surface area contributed by atoms with Gasteiger partial charge in [-0.25, -0.2) is 0 Å². The van der Waals surface area contributed by atoms with Crippen LogP contribution in [-0.2, 0) is 0 Å². The van der Waals surface area contributed by atoms with E-state index < -0.39 is 21.1 Å². The summed E-state index contributed by atoms with van der Waals surface area (Å²) in [5.74, 6) is 41.6. The van der Waals surface area contributed by atoms with Crippen molar-refractivity contribution in [1.82, 2.24) is 0 Å². The van der Waals surface area contributed by atoms with Gasteiger partial charge in [0, 0.05) is 10.6 Å². The normalized spacial score (nSPS) is 8.50. The summed E-state index contributed by atoms with van der Waals surface area (Å²) >= 11 is 5.40. The number of benzene rings is 4. The second-order valence-corrected chi connectivity index (χ2v) is 12.8. The second kappa shape index (κ2) is 18.3. The highest BCUT2D eigenvalue weighted by Gasteiger charge is 2.26. The lowest BCUT2D eigenvalue weighted by molar-refractivity contribution is 1.24. The first-order valence-electron chi connectivity index (χ1n) is 13.8. The highest BCUT2D eigenvalue weighted by Crippen LogP contribution is 2.45. The summed E-state index contributed by atoms with van der Waals surface area (Å²) in [4.78, 5) is 0. The Morgan fingerprint density at radius 1 is 0.417 bits per heavy atom. The molecule has 0 radical (unpaired) electrons. The van der Waals surface area contributed by atoms with Crippen molar-refractivity contribution in [1.29, 1.82) is 0 Å². The van der Waals surface area contributed by atoms with E-state index in [-0.39, 0.29) is 0 Å². The highest BCUT2D eigenvalue weighted by molar-refractivity contribution is 7.81. The fourth-order valence-electron chi connectivity index (χ4n) is 4.58. The Hall–Kier alpha value is -6.67. The molecule has 4 aromatic rings. The van der Waals surface area contributed by atoms with Crippen molar-refractivity contribution < 1.29 is 0 Å². The number of hydrogen-bond acceptors (Lipinski definition) is 1. The van der Waals surface area contributed by atoms with Gasteiger partial charge < -0.3 is 0 Å². The van der Waals surface area contributed by atoms with Gasteiger partial charge in [0.05, 0.1) is 21.1 Å². The third-order valence-electron chi connectivity index (χ3n) is 6.38. The molecule has 0 aromatic heterocycles. The Balaban J connectivity index is 2.11. The molecule has 4 aromatic carbocycles. The lowest BCUT2D eigenvalue weighted by Crippen LogP contribution is -2.17. The SMILES string of the molecule is C#CC#CC#CP(C#CC#CC#C)c1ccc2ccccc2c1C(S)c1c(P(C#CC#CC#C)C#CC#CC#C)ccc2ccccc12. The molecule has 214 valence electrons. The van der Waals surface area contributed by atoms with E-state index >= 15 is 0 Å². The fraction of sp³-hybridized carbons (Fsp3) is 0.0222. The zero-order valence-corrected chi connectivity index (χ0v) is 27.8. The summed E-state index contributed by atoms with van der Waals surface area (Å²) in [5.41, 5.74) is 14.8. The molecule has 0 aliphatic rings. The molecule has 3 heteroatoms. The molecule has 0 aliphatic heterocycles. The lowest BCUT2D eigenvalue weighted by Gasteiger charge is -2.24. The van der Waals surface area contributed by atoms with Crippen LogP contribution in [0.25, 0.3) is 21.5 Å². The van der Waals surface area contributed by atoms with Gasteiger partial charge in [0.1, 0.15) is 0 Å². The molecule has 0 amide bonds. The number of rotatable bonds is 4. The van der Waals surface area contributed by atoms with Crippen LogP contribution >= 0.6 is 28.5 Å². The van der Waals surface area contributed by atoms with Crippen molar-refractivity contribution in [2.75, 3.05) is 0 Å². The number of fused-ring (bicyclic) bond motifs is 2. The van der Waals surface area contributed by atoms with E-state index in [1.54, 1.807) is 0 Å². The first-order chi connectivity index (χ1) is 23.6. The maximum absolute atomic E-state index is 5.40. The van der Waals surface area contributed by atoms with Gasteiger partial charge in [-0.3, -0.25) is 0 Å². The van der Waals surface area contributed by atoms with E-state index in [2.05, 4.69) is 154 Å². The maximum atomic E-state index is 5.40. The van der Waals surface area contributed by atoms with Crippen LogP contribution in [0.1, 0.15) is 16.4 Å². The van der Waals surface area contributed by atoms with E-state index in [1.807, 2.05) is 36.4 Å². The van der Waals surface area contributed by atoms with Crippen LogP contribution in [0.15, 0.2) is 72.8 Å². The maximum Gasteiger partial charge on any atom is 0.0836 e. The van der Waals surface area contributed by atoms with Gasteiger partial charge in [-0.2, -0.15) is 12.6 Å². The molecule has 0 N–H and O–H groups in total. The van der Waals surface area contributed by atoms with E-state index in [1.165, 1.54) is 0 Å². The van der Waals surface area contributed by atoms with E-state index in [9.17, 15) is 0 Å². The molecule has 0 spiro atoms. The minimum absolute atomic E-state index is 0.475. The van der Waals surface area contributed by atoms with Crippen molar-refractivity contribution in [3.63, 3.8) is 0 Å². The van der Waals surface area contributed by atoms with Crippen LogP contribution < -0.4 is 10.6 Å². The number of terminal acetylenes is 4. The zero-order chi connectivity index (χ0) is 34.0. The second-order valence-electron chi connectivity index (χ2n) is 9.04. The molecular weight excluding hydrogens is 635 g/mol. The molecule has 48 heavy (non-hydrogen) atoms. The van der Waals surface area contributed by atoms with Crippen LogP contribution in [0.2, 0.25) is 0 Å². The molecule has 0 fully saturated rings. The van der Waals surface area contributed by atoms with Crippen molar-refractivity contribution in [3.8, 4) is 143 Å². The fourth-order valence-corrected chi connectivity index (χ4v) is 8.03. The molecule has 0 saturated carbocycles. The van der Waals surface area contributed by atoms with Crippen LogP contribution in [-0.4, -0.2) is 0 Å². The Morgan fingerprint density at radius 3 is 1.08 bits per heavy atom. The van der Waals surface area contributed by atoms with Crippen molar-refractivity contribution in [2.24, 2.45) is 0 Å². The zero-order valence-electron chi connectivity index (χ0n) is 25.2. The number of hydrogen-bond donors (Lipinski definition) is 1. The Kier molecular flexibility index (Phi) is 13.1. The first-order valence-corrected chi connectivity index (χ1v) is 17.0. The molecule has 0 heterocycles. The summed E-state index contributed by atoms with van der Waals surface area (Å²) in [6.45, 7) is 0. The van der Waals surface area contributed by atoms with Gasteiger partial charge in [-0.05, 0) is 150 Å². The van der Waals surface area contributed by atoms with Crippen LogP contribution in [0.3, 0.4) is 0 Å². The van der Waals surface area contributed by atoms with E-state index in [4.69, 9.17) is 38.3 Å². The van der Waals surface area contributed by atoms with Crippen LogP contribution in [0.4, 0.5) is 0 Å². The van der Waals surface area contributed by atoms with Gasteiger partial charge in [0.25, 0.3) is 0 Å². The van der Waals surface area contributed by atoms with Crippen LogP contribution in [0.5, 0.6) is 0 Å². The van der Waals surface area contributed by atoms with Gasteiger partial charge in [0.2, 0.25) is 0 Å². The summed E-state index contributed by atoms with van der Waals surface area (Å²) in [7, 11) is -2.88. The monoisotopic (exact) mass is 652 g/mol. The largest absolute Gasteiger partial charge is 0.166 e. The molecule has 4 rings (SSSR count). The third kappa shape index (κ3) is 8.74. The first kappa shape index (κ1) is 34.2. The average Bonchev–Trinajstić information content (AvgIpc) is 3.12. The van der Waals surface area contributed by atoms with E-state index in [0.717, 1.165) is 43.3 Å². The predicted octanol–water partition coefficient (Wildman–Crippen LogP) is 6.62. The van der Waals surface area contributed by atoms with Crippen LogP contribution in [0, 0.1) is 143 Å². The summed E-state index contributed by atoms with van der Waals surface area (Å²) in [5, 5.41) is 5.37. The quantitative estimate of drug-likeness (QED) is 0.143.